The van der Waals surface area contributed by atoms with E-state index in [9.17, 15) is 20.0 Å². The van der Waals surface area contributed by atoms with Gasteiger partial charge in [0.25, 0.3) is 11.2 Å². The second-order valence-electron chi connectivity index (χ2n) is 5.75. The van der Waals surface area contributed by atoms with Gasteiger partial charge in [-0.15, -0.1) is 0 Å². The minimum Gasteiger partial charge on any atom is -0.507 e. The van der Waals surface area contributed by atoms with Crippen molar-refractivity contribution in [1.29, 1.82) is 0 Å². The summed E-state index contributed by atoms with van der Waals surface area (Å²) >= 11 is 0. The fraction of sp³-hybridized carbons (Fsp3) is 0.167. The summed E-state index contributed by atoms with van der Waals surface area (Å²) in [7, 11) is 2.93. The Morgan fingerprint density at radius 1 is 1.21 bits per heavy atom. The maximum atomic E-state index is 12.8. The summed E-state index contributed by atoms with van der Waals surface area (Å²) in [6, 6.07) is 6.59. The summed E-state index contributed by atoms with van der Waals surface area (Å²) < 4.78 is 11.5. The molecule has 0 bridgehead atoms. The van der Waals surface area contributed by atoms with Gasteiger partial charge in [0.2, 0.25) is 0 Å². The van der Waals surface area contributed by atoms with E-state index in [1.54, 1.807) is 13.0 Å². The first-order chi connectivity index (χ1) is 13.3. The number of nitro groups is 1. The molecule has 0 saturated heterocycles. The molecular formula is C18H16N4O6. The van der Waals surface area contributed by atoms with Gasteiger partial charge >= 0.3 is 0 Å². The Bertz CT molecular complexity index is 1170. The van der Waals surface area contributed by atoms with Gasteiger partial charge in [-0.2, -0.15) is 9.78 Å². The van der Waals surface area contributed by atoms with E-state index in [0.717, 1.165) is 17.0 Å². The molecule has 1 aromatic heterocycles. The van der Waals surface area contributed by atoms with Gasteiger partial charge in [0.15, 0.2) is 11.5 Å². The molecule has 0 fully saturated rings. The minimum atomic E-state index is -0.592. The van der Waals surface area contributed by atoms with E-state index < -0.39 is 10.5 Å². The Balaban J connectivity index is 2.14. The van der Waals surface area contributed by atoms with Gasteiger partial charge in [-0.1, -0.05) is 0 Å². The summed E-state index contributed by atoms with van der Waals surface area (Å²) in [6.07, 6.45) is 1.16. The van der Waals surface area contributed by atoms with Crippen LogP contribution in [0.1, 0.15) is 11.4 Å². The summed E-state index contributed by atoms with van der Waals surface area (Å²) in [4.78, 5) is 27.5. The molecule has 0 radical (unpaired) electrons. The molecule has 1 heterocycles. The predicted octanol–water partition coefficient (Wildman–Crippen LogP) is 2.22. The lowest BCUT2D eigenvalue weighted by atomic mass is 10.2. The number of methoxy groups -OCH3 is 2. The number of rotatable bonds is 5. The van der Waals surface area contributed by atoms with Crippen LogP contribution in [0, 0.1) is 17.0 Å². The van der Waals surface area contributed by atoms with Crippen LogP contribution in [0.2, 0.25) is 0 Å². The van der Waals surface area contributed by atoms with Gasteiger partial charge in [-0.05, 0) is 19.1 Å². The van der Waals surface area contributed by atoms with Gasteiger partial charge in [0.05, 0.1) is 36.3 Å². The number of phenols is 1. The van der Waals surface area contributed by atoms with Crippen molar-refractivity contribution < 1.29 is 19.5 Å². The molecular weight excluding hydrogens is 368 g/mol. The normalized spacial score (nSPS) is 11.1. The van der Waals surface area contributed by atoms with E-state index in [2.05, 4.69) is 10.1 Å². The van der Waals surface area contributed by atoms with Gasteiger partial charge in [0.1, 0.15) is 11.6 Å². The Kier molecular flexibility index (Phi) is 4.94. The highest BCUT2D eigenvalue weighted by atomic mass is 16.6. The van der Waals surface area contributed by atoms with E-state index in [4.69, 9.17) is 9.47 Å². The number of non-ortho nitro benzene ring substituents is 1. The first kappa shape index (κ1) is 18.8. The molecule has 3 aromatic rings. The van der Waals surface area contributed by atoms with E-state index in [1.807, 2.05) is 0 Å². The van der Waals surface area contributed by atoms with Crippen LogP contribution >= 0.6 is 0 Å². The van der Waals surface area contributed by atoms with Gasteiger partial charge in [-0.25, -0.2) is 4.98 Å². The molecule has 0 aliphatic rings. The average molecular weight is 384 g/mol. The van der Waals surface area contributed by atoms with Crippen molar-refractivity contribution in [3.63, 3.8) is 0 Å². The molecule has 0 spiro atoms. The Morgan fingerprint density at radius 3 is 2.54 bits per heavy atom. The number of ether oxygens (including phenoxy) is 2. The monoisotopic (exact) mass is 384 g/mol. The maximum absolute atomic E-state index is 12.8. The second-order valence-corrected chi connectivity index (χ2v) is 5.75. The Labute approximate surface area is 158 Å². The lowest BCUT2D eigenvalue weighted by Crippen LogP contribution is -2.20. The van der Waals surface area contributed by atoms with Crippen molar-refractivity contribution in [2.75, 3.05) is 14.2 Å². The van der Waals surface area contributed by atoms with Gasteiger partial charge in [-0.3, -0.25) is 14.9 Å². The number of nitro benzene ring substituents is 1. The maximum Gasteiger partial charge on any atom is 0.282 e. The predicted molar refractivity (Wildman–Crippen MR) is 102 cm³/mol. The zero-order valence-electron chi connectivity index (χ0n) is 15.2. The van der Waals surface area contributed by atoms with Crippen molar-refractivity contribution >= 4 is 22.8 Å². The number of phenolic OH excluding ortho intramolecular Hbond substituents is 1. The smallest absolute Gasteiger partial charge is 0.282 e. The van der Waals surface area contributed by atoms with Crippen LogP contribution < -0.4 is 15.0 Å². The van der Waals surface area contributed by atoms with Gasteiger partial charge in [0, 0.05) is 23.8 Å². The molecule has 144 valence electrons. The molecule has 0 saturated carbocycles. The van der Waals surface area contributed by atoms with Crippen LogP contribution in [0.15, 0.2) is 40.2 Å². The summed E-state index contributed by atoms with van der Waals surface area (Å²) in [5, 5.41) is 25.1. The Morgan fingerprint density at radius 2 is 1.89 bits per heavy atom. The zero-order chi connectivity index (χ0) is 20.4. The molecule has 0 amide bonds. The highest BCUT2D eigenvalue weighted by Gasteiger charge is 2.14. The molecule has 10 heteroatoms. The van der Waals surface area contributed by atoms with Crippen molar-refractivity contribution in [2.24, 2.45) is 5.10 Å². The number of hydrogen-bond donors (Lipinski definition) is 1. The number of aromatic hydroxyl groups is 1. The Hall–Kier alpha value is -3.95. The van der Waals surface area contributed by atoms with E-state index in [0.29, 0.717) is 17.0 Å². The molecule has 2 aromatic carbocycles. The average Bonchev–Trinajstić information content (AvgIpc) is 2.67. The van der Waals surface area contributed by atoms with Crippen LogP contribution in [-0.4, -0.2) is 40.1 Å². The molecule has 3 rings (SSSR count). The third-order valence-corrected chi connectivity index (χ3v) is 4.05. The first-order valence-electron chi connectivity index (χ1n) is 8.03. The van der Waals surface area contributed by atoms with Crippen molar-refractivity contribution in [2.45, 2.75) is 6.92 Å². The molecule has 1 N–H and O–H groups in total. The van der Waals surface area contributed by atoms with Crippen LogP contribution in [0.5, 0.6) is 17.2 Å². The third-order valence-electron chi connectivity index (χ3n) is 4.05. The SMILES string of the molecule is COc1cc2nc(C)n(/N=C\c3cc([N+](=O)[O-])ccc3O)c(=O)c2cc1OC. The zero-order valence-corrected chi connectivity index (χ0v) is 15.2. The van der Waals surface area contributed by atoms with E-state index >= 15 is 0 Å². The summed E-state index contributed by atoms with van der Waals surface area (Å²) in [5.74, 6) is 0.875. The highest BCUT2D eigenvalue weighted by Crippen LogP contribution is 2.30. The van der Waals surface area contributed by atoms with E-state index in [1.165, 1.54) is 32.4 Å². The van der Waals surface area contributed by atoms with Crippen molar-refractivity contribution in [3.05, 3.63) is 62.2 Å². The fourth-order valence-corrected chi connectivity index (χ4v) is 2.63. The highest BCUT2D eigenvalue weighted by molar-refractivity contribution is 5.85. The molecule has 0 aliphatic carbocycles. The summed E-state index contributed by atoms with van der Waals surface area (Å²) in [5.41, 5.74) is -0.181. The van der Waals surface area contributed by atoms with Crippen molar-refractivity contribution in [3.8, 4) is 17.2 Å². The number of hydrogen-bond acceptors (Lipinski definition) is 8. The fourth-order valence-electron chi connectivity index (χ4n) is 2.63. The third kappa shape index (κ3) is 3.34. The number of nitrogens with zero attached hydrogens (tertiary/aromatic N) is 4. The molecule has 0 atom stereocenters. The minimum absolute atomic E-state index is 0.0907. The lowest BCUT2D eigenvalue weighted by Gasteiger charge is -2.10. The largest absolute Gasteiger partial charge is 0.507 e. The first-order valence-corrected chi connectivity index (χ1v) is 8.03. The lowest BCUT2D eigenvalue weighted by molar-refractivity contribution is -0.384. The standard InChI is InChI=1S/C18H16N4O6/c1-10-20-14-8-17(28-3)16(27-2)7-13(14)18(24)21(10)19-9-11-6-12(22(25)26)4-5-15(11)23/h4-9,23H,1-3H3/b19-9-. The number of aromatic nitrogens is 2. The number of aryl methyl sites for hydroxylation is 1. The van der Waals surface area contributed by atoms with Crippen LogP contribution in [0.3, 0.4) is 0 Å². The summed E-state index contributed by atoms with van der Waals surface area (Å²) in [6.45, 7) is 1.59. The second kappa shape index (κ2) is 7.35. The van der Waals surface area contributed by atoms with Crippen molar-refractivity contribution in [1.82, 2.24) is 9.66 Å². The molecule has 0 aliphatic heterocycles. The quantitative estimate of drug-likeness (QED) is 0.405. The van der Waals surface area contributed by atoms with Crippen LogP contribution in [0.4, 0.5) is 5.69 Å². The van der Waals surface area contributed by atoms with Crippen LogP contribution in [0.25, 0.3) is 10.9 Å². The van der Waals surface area contributed by atoms with Crippen LogP contribution in [-0.2, 0) is 0 Å². The topological polar surface area (TPSA) is 129 Å². The van der Waals surface area contributed by atoms with Gasteiger partial charge < -0.3 is 14.6 Å². The number of fused-ring (bicyclic) bond motifs is 1. The number of benzene rings is 2. The van der Waals surface area contributed by atoms with E-state index in [-0.39, 0.29) is 28.2 Å². The molecule has 28 heavy (non-hydrogen) atoms. The molecule has 0 unspecified atom stereocenters. The molecule has 10 nitrogen and oxygen atoms in total.